The Labute approximate surface area is 195 Å². The van der Waals surface area contributed by atoms with E-state index in [1.807, 2.05) is 31.2 Å². The molecule has 2 heterocycles. The van der Waals surface area contributed by atoms with Gasteiger partial charge in [0.05, 0.1) is 5.56 Å². The average molecular weight is 470 g/mol. The smallest absolute Gasteiger partial charge is 0.416 e. The number of aromatic nitrogens is 2. The maximum atomic E-state index is 12.7. The van der Waals surface area contributed by atoms with Crippen LogP contribution in [0, 0.1) is 12.8 Å². The largest absolute Gasteiger partial charge is 0.436 e. The lowest BCUT2D eigenvalue weighted by molar-refractivity contribution is -0.137. The molecule has 1 aromatic heterocycles. The van der Waals surface area contributed by atoms with Crippen molar-refractivity contribution in [2.75, 3.05) is 18.0 Å². The van der Waals surface area contributed by atoms with Crippen LogP contribution in [0.3, 0.4) is 0 Å². The van der Waals surface area contributed by atoms with Crippen LogP contribution in [0.5, 0.6) is 11.6 Å². The third kappa shape index (κ3) is 5.65. The first-order valence-electron chi connectivity index (χ1n) is 11.0. The Kier molecular flexibility index (Phi) is 7.00. The predicted molar refractivity (Wildman–Crippen MR) is 122 cm³/mol. The number of piperidine rings is 1. The molecule has 178 valence electrons. The highest BCUT2D eigenvalue weighted by Crippen LogP contribution is 2.32. The Hall–Kier alpha value is -3.62. The van der Waals surface area contributed by atoms with Crippen LogP contribution in [0.15, 0.2) is 60.9 Å². The van der Waals surface area contributed by atoms with E-state index in [-0.39, 0.29) is 18.4 Å². The van der Waals surface area contributed by atoms with E-state index in [0.29, 0.717) is 48.9 Å². The summed E-state index contributed by atoms with van der Waals surface area (Å²) in [4.78, 5) is 23.5. The molecule has 0 atom stereocenters. The summed E-state index contributed by atoms with van der Waals surface area (Å²) in [7, 11) is 0. The number of halogens is 3. The van der Waals surface area contributed by atoms with Gasteiger partial charge in [0, 0.05) is 37.9 Å². The first kappa shape index (κ1) is 23.5. The minimum absolute atomic E-state index is 0.102. The molecule has 0 saturated carbocycles. The van der Waals surface area contributed by atoms with E-state index in [9.17, 15) is 18.0 Å². The maximum Gasteiger partial charge on any atom is 0.416 e. The lowest BCUT2D eigenvalue weighted by atomic mass is 9.96. The summed E-state index contributed by atoms with van der Waals surface area (Å²) in [5.41, 5.74) is 0.906. The molecule has 0 aliphatic carbocycles. The van der Waals surface area contributed by atoms with E-state index in [1.54, 1.807) is 12.4 Å². The number of carbonyl (C=O) groups is 1. The molecule has 0 spiro atoms. The minimum Gasteiger partial charge on any atom is -0.436 e. The molecular formula is C25H25F3N4O2. The summed E-state index contributed by atoms with van der Waals surface area (Å²) < 4.78 is 44.1. The van der Waals surface area contributed by atoms with Gasteiger partial charge in [0.1, 0.15) is 5.75 Å². The van der Waals surface area contributed by atoms with Crippen LogP contribution < -0.4 is 15.0 Å². The topological polar surface area (TPSA) is 67.4 Å². The number of hydrogen-bond acceptors (Lipinski definition) is 5. The van der Waals surface area contributed by atoms with E-state index in [1.165, 1.54) is 12.1 Å². The van der Waals surface area contributed by atoms with Crippen LogP contribution in [-0.4, -0.2) is 29.0 Å². The van der Waals surface area contributed by atoms with Crippen LogP contribution in [0.4, 0.5) is 19.0 Å². The van der Waals surface area contributed by atoms with Crippen molar-refractivity contribution in [3.63, 3.8) is 0 Å². The molecule has 6 nitrogen and oxygen atoms in total. The molecule has 1 fully saturated rings. The highest BCUT2D eigenvalue weighted by atomic mass is 19.4. The zero-order valence-electron chi connectivity index (χ0n) is 18.7. The van der Waals surface area contributed by atoms with Crippen LogP contribution in [-0.2, 0) is 17.5 Å². The van der Waals surface area contributed by atoms with Crippen LogP contribution in [0.1, 0.15) is 29.5 Å². The minimum atomic E-state index is -4.37. The van der Waals surface area contributed by atoms with E-state index in [4.69, 9.17) is 4.74 Å². The van der Waals surface area contributed by atoms with Crippen molar-refractivity contribution in [2.24, 2.45) is 5.92 Å². The first-order valence-corrected chi connectivity index (χ1v) is 11.0. The Morgan fingerprint density at radius 1 is 1.06 bits per heavy atom. The molecule has 1 aliphatic heterocycles. The summed E-state index contributed by atoms with van der Waals surface area (Å²) in [6.07, 6.45) is 0.0730. The van der Waals surface area contributed by atoms with Crippen molar-refractivity contribution in [2.45, 2.75) is 32.5 Å². The molecule has 2 aromatic carbocycles. The van der Waals surface area contributed by atoms with Gasteiger partial charge in [-0.15, -0.1) is 0 Å². The van der Waals surface area contributed by atoms with E-state index in [2.05, 4.69) is 20.2 Å². The average Bonchev–Trinajstić information content (AvgIpc) is 2.84. The fraction of sp³-hybridized carbons (Fsp3) is 0.320. The molecule has 4 rings (SSSR count). The summed E-state index contributed by atoms with van der Waals surface area (Å²) >= 11 is 0. The zero-order valence-corrected chi connectivity index (χ0v) is 18.7. The maximum absolute atomic E-state index is 12.7. The van der Waals surface area contributed by atoms with Gasteiger partial charge in [-0.05, 0) is 49.1 Å². The van der Waals surface area contributed by atoms with E-state index >= 15 is 0 Å². The quantitative estimate of drug-likeness (QED) is 0.541. The summed E-state index contributed by atoms with van der Waals surface area (Å²) in [6.45, 7) is 3.37. The Morgan fingerprint density at radius 3 is 2.41 bits per heavy atom. The lowest BCUT2D eigenvalue weighted by Gasteiger charge is -2.32. The number of benzene rings is 2. The third-order valence-corrected chi connectivity index (χ3v) is 5.86. The number of amides is 1. The SMILES string of the molecule is Cc1ccccc1Oc1nccnc1N1CCC(C(=O)NCc2ccc(C(F)(F)F)cc2)CC1. The lowest BCUT2D eigenvalue weighted by Crippen LogP contribution is -2.40. The molecule has 34 heavy (non-hydrogen) atoms. The van der Waals surface area contributed by atoms with Gasteiger partial charge in [-0.2, -0.15) is 13.2 Å². The fourth-order valence-electron chi connectivity index (χ4n) is 3.88. The molecule has 1 saturated heterocycles. The Bertz CT molecular complexity index is 1130. The highest BCUT2D eigenvalue weighted by Gasteiger charge is 2.30. The van der Waals surface area contributed by atoms with Gasteiger partial charge in [-0.25, -0.2) is 9.97 Å². The number of rotatable bonds is 6. The number of hydrogen-bond donors (Lipinski definition) is 1. The van der Waals surface area contributed by atoms with Crippen molar-refractivity contribution >= 4 is 11.7 Å². The molecule has 1 N–H and O–H groups in total. The molecule has 0 radical (unpaired) electrons. The molecule has 1 aliphatic rings. The standard InChI is InChI=1S/C25H25F3N4O2/c1-17-4-2-3-5-21(17)34-24-22(29-12-13-30-24)32-14-10-19(11-15-32)23(33)31-16-18-6-8-20(9-7-18)25(26,27)28/h2-9,12-13,19H,10-11,14-16H2,1H3,(H,31,33). The summed E-state index contributed by atoms with van der Waals surface area (Å²) in [5, 5.41) is 2.84. The van der Waals surface area contributed by atoms with Gasteiger partial charge in [0.15, 0.2) is 5.82 Å². The summed E-state index contributed by atoms with van der Waals surface area (Å²) in [6, 6.07) is 12.5. The predicted octanol–water partition coefficient (Wildman–Crippen LogP) is 5.13. The highest BCUT2D eigenvalue weighted by molar-refractivity contribution is 5.79. The van der Waals surface area contributed by atoms with Gasteiger partial charge in [0.25, 0.3) is 5.88 Å². The fourth-order valence-corrected chi connectivity index (χ4v) is 3.88. The molecule has 3 aromatic rings. The zero-order chi connectivity index (χ0) is 24.1. The van der Waals surface area contributed by atoms with Crippen molar-refractivity contribution in [1.82, 2.24) is 15.3 Å². The summed E-state index contributed by atoms with van der Waals surface area (Å²) in [5.74, 6) is 1.48. The van der Waals surface area contributed by atoms with Gasteiger partial charge < -0.3 is 15.0 Å². The van der Waals surface area contributed by atoms with Gasteiger partial charge in [-0.1, -0.05) is 30.3 Å². The molecule has 1 amide bonds. The van der Waals surface area contributed by atoms with Crippen LogP contribution >= 0.6 is 0 Å². The molecule has 9 heteroatoms. The van der Waals surface area contributed by atoms with Gasteiger partial charge in [0.2, 0.25) is 5.91 Å². The second-order valence-electron chi connectivity index (χ2n) is 8.23. The number of carbonyl (C=O) groups excluding carboxylic acids is 1. The monoisotopic (exact) mass is 470 g/mol. The number of anilines is 1. The Morgan fingerprint density at radius 2 is 1.74 bits per heavy atom. The number of para-hydroxylation sites is 1. The molecule has 0 bridgehead atoms. The van der Waals surface area contributed by atoms with Crippen molar-refractivity contribution < 1.29 is 22.7 Å². The normalized spacial score (nSPS) is 14.6. The number of alkyl halides is 3. The van der Waals surface area contributed by atoms with Crippen molar-refractivity contribution in [3.05, 3.63) is 77.6 Å². The number of nitrogens with one attached hydrogen (secondary N) is 1. The number of ether oxygens (including phenoxy) is 1. The van der Waals surface area contributed by atoms with E-state index < -0.39 is 11.7 Å². The van der Waals surface area contributed by atoms with Crippen LogP contribution in [0.25, 0.3) is 0 Å². The van der Waals surface area contributed by atoms with Gasteiger partial charge in [-0.3, -0.25) is 4.79 Å². The van der Waals surface area contributed by atoms with E-state index in [0.717, 1.165) is 17.7 Å². The van der Waals surface area contributed by atoms with Crippen LogP contribution in [0.2, 0.25) is 0 Å². The van der Waals surface area contributed by atoms with Gasteiger partial charge >= 0.3 is 6.18 Å². The Balaban J connectivity index is 1.32. The number of aryl methyl sites for hydroxylation is 1. The number of nitrogens with zero attached hydrogens (tertiary/aromatic N) is 3. The second-order valence-corrected chi connectivity index (χ2v) is 8.23. The first-order chi connectivity index (χ1) is 16.3. The molecular weight excluding hydrogens is 445 g/mol. The molecule has 0 unspecified atom stereocenters. The van der Waals surface area contributed by atoms with Crippen molar-refractivity contribution in [3.8, 4) is 11.6 Å². The third-order valence-electron chi connectivity index (χ3n) is 5.86. The second kappa shape index (κ2) is 10.1. The van der Waals surface area contributed by atoms with Crippen molar-refractivity contribution in [1.29, 1.82) is 0 Å².